The van der Waals surface area contributed by atoms with Gasteiger partial charge in [-0.2, -0.15) is 18.3 Å². The average Bonchev–Trinajstić information content (AvgIpc) is 2.72. The van der Waals surface area contributed by atoms with E-state index in [4.69, 9.17) is 4.74 Å². The second-order valence-electron chi connectivity index (χ2n) is 8.41. The maximum atomic E-state index is 13.5. The van der Waals surface area contributed by atoms with Gasteiger partial charge in [0, 0.05) is 30.6 Å². The SMILES string of the molecule is COC(C)C12C[C@H](C)C[C@H](C1)N2C(=O)Nc1ccc(C(F)(F)F)c(-c2nccnn2)c1. The van der Waals surface area contributed by atoms with E-state index in [2.05, 4.69) is 27.4 Å². The van der Waals surface area contributed by atoms with Crippen LogP contribution in [0, 0.1) is 5.92 Å². The summed E-state index contributed by atoms with van der Waals surface area (Å²) in [6.07, 6.45) is 0.390. The number of carbonyl (C=O) groups is 1. The summed E-state index contributed by atoms with van der Waals surface area (Å²) in [4.78, 5) is 18.9. The van der Waals surface area contributed by atoms with Crippen LogP contribution in [0.3, 0.4) is 0 Å². The van der Waals surface area contributed by atoms with Gasteiger partial charge in [-0.3, -0.25) is 0 Å². The van der Waals surface area contributed by atoms with E-state index in [0.717, 1.165) is 25.3 Å². The van der Waals surface area contributed by atoms with Gasteiger partial charge in [-0.1, -0.05) is 6.92 Å². The minimum atomic E-state index is -4.60. The summed E-state index contributed by atoms with van der Waals surface area (Å²) in [7, 11) is 1.62. The lowest BCUT2D eigenvalue weighted by Crippen LogP contribution is -2.76. The number of carbonyl (C=O) groups excluding carboxylic acids is 1. The number of likely N-dealkylation sites (tertiary alicyclic amines) is 1. The lowest BCUT2D eigenvalue weighted by Gasteiger charge is -2.65. The van der Waals surface area contributed by atoms with Crippen LogP contribution >= 0.6 is 0 Å². The smallest absolute Gasteiger partial charge is 0.379 e. The van der Waals surface area contributed by atoms with Crippen molar-refractivity contribution in [1.82, 2.24) is 20.1 Å². The molecule has 31 heavy (non-hydrogen) atoms. The zero-order chi connectivity index (χ0) is 22.4. The van der Waals surface area contributed by atoms with Crippen molar-refractivity contribution >= 4 is 11.7 Å². The molecule has 1 aromatic heterocycles. The Morgan fingerprint density at radius 1 is 1.32 bits per heavy atom. The first kappa shape index (κ1) is 21.5. The van der Waals surface area contributed by atoms with Gasteiger partial charge in [-0.25, -0.2) is 9.78 Å². The molecule has 1 saturated carbocycles. The van der Waals surface area contributed by atoms with Crippen LogP contribution < -0.4 is 5.32 Å². The average molecular weight is 435 g/mol. The standard InChI is InChI=1S/C21H24F3N5O2/c1-12-8-15-11-20(10-12,13(2)31-3)29(15)19(30)27-14-4-5-17(21(22,23)24)16(9-14)18-25-6-7-26-28-18/h4-7,9,12-13,15H,8,10-11H2,1-3H3,(H,27,30)/t12-,13?,15-,20?/m1/s1. The van der Waals surface area contributed by atoms with E-state index in [9.17, 15) is 18.0 Å². The third-order valence-corrected chi connectivity index (χ3v) is 6.44. The third-order valence-electron chi connectivity index (χ3n) is 6.44. The second kappa shape index (κ2) is 7.74. The van der Waals surface area contributed by atoms with Crippen molar-refractivity contribution in [2.75, 3.05) is 12.4 Å². The number of alkyl halides is 3. The number of rotatable bonds is 4. The number of nitrogens with one attached hydrogen (secondary N) is 1. The molecule has 1 N–H and O–H groups in total. The summed E-state index contributed by atoms with van der Waals surface area (Å²) < 4.78 is 46.1. The summed E-state index contributed by atoms with van der Waals surface area (Å²) >= 11 is 0. The number of urea groups is 1. The highest BCUT2D eigenvalue weighted by Gasteiger charge is 2.61. The largest absolute Gasteiger partial charge is 0.417 e. The Morgan fingerprint density at radius 3 is 2.74 bits per heavy atom. The number of halogens is 3. The van der Waals surface area contributed by atoms with Gasteiger partial charge >= 0.3 is 12.2 Å². The summed E-state index contributed by atoms with van der Waals surface area (Å²) in [5.74, 6) is 0.311. The fourth-order valence-electron chi connectivity index (χ4n) is 5.09. The molecule has 2 unspecified atom stereocenters. The molecule has 2 fully saturated rings. The quantitative estimate of drug-likeness (QED) is 0.772. The van der Waals surface area contributed by atoms with E-state index in [-0.39, 0.29) is 35.3 Å². The molecule has 0 spiro atoms. The molecule has 1 aliphatic heterocycles. The first-order valence-electron chi connectivity index (χ1n) is 10.1. The van der Waals surface area contributed by atoms with Crippen molar-refractivity contribution in [1.29, 1.82) is 0 Å². The Labute approximate surface area is 178 Å². The molecule has 2 heterocycles. The molecule has 2 aliphatic rings. The summed E-state index contributed by atoms with van der Waals surface area (Å²) in [6, 6.07) is 3.16. The molecule has 166 valence electrons. The fraction of sp³-hybridized carbons (Fsp3) is 0.524. The van der Waals surface area contributed by atoms with Gasteiger partial charge in [0.1, 0.15) is 0 Å². The zero-order valence-corrected chi connectivity index (χ0v) is 17.5. The highest BCUT2D eigenvalue weighted by molar-refractivity contribution is 5.92. The van der Waals surface area contributed by atoms with Gasteiger partial charge in [0.25, 0.3) is 0 Å². The van der Waals surface area contributed by atoms with Crippen LogP contribution in [0.25, 0.3) is 11.4 Å². The van der Waals surface area contributed by atoms with Crippen molar-refractivity contribution < 1.29 is 22.7 Å². The lowest BCUT2D eigenvalue weighted by molar-refractivity contribution is -0.155. The summed E-state index contributed by atoms with van der Waals surface area (Å²) in [5.41, 5.74) is -1.30. The highest BCUT2D eigenvalue weighted by atomic mass is 19.4. The Kier molecular flexibility index (Phi) is 5.36. The number of ether oxygens (including phenoxy) is 1. The van der Waals surface area contributed by atoms with Crippen LogP contribution in [0.2, 0.25) is 0 Å². The highest BCUT2D eigenvalue weighted by Crippen LogP contribution is 2.52. The molecule has 7 nitrogen and oxygen atoms in total. The van der Waals surface area contributed by atoms with Crippen LogP contribution in [-0.4, -0.2) is 50.9 Å². The van der Waals surface area contributed by atoms with Gasteiger partial charge in [-0.15, -0.1) is 5.10 Å². The molecule has 10 heteroatoms. The van der Waals surface area contributed by atoms with Crippen LogP contribution in [0.15, 0.2) is 30.6 Å². The summed E-state index contributed by atoms with van der Waals surface area (Å²) in [6.45, 7) is 4.11. The molecule has 1 aromatic carbocycles. The molecular formula is C21H24F3N5O2. The van der Waals surface area contributed by atoms with Crippen molar-refractivity contribution in [3.63, 3.8) is 0 Å². The van der Waals surface area contributed by atoms with E-state index in [1.807, 2.05) is 6.92 Å². The minimum absolute atomic E-state index is 0.0944. The molecule has 2 bridgehead atoms. The molecule has 0 radical (unpaired) electrons. The number of benzene rings is 1. The Hall–Kier alpha value is -2.75. The van der Waals surface area contributed by atoms with Crippen LogP contribution in [-0.2, 0) is 10.9 Å². The monoisotopic (exact) mass is 435 g/mol. The number of aromatic nitrogens is 3. The number of anilines is 1. The van der Waals surface area contributed by atoms with E-state index >= 15 is 0 Å². The minimum Gasteiger partial charge on any atom is -0.379 e. The zero-order valence-electron chi connectivity index (χ0n) is 17.5. The molecule has 2 aromatic rings. The number of hydrogen-bond donors (Lipinski definition) is 1. The Bertz CT molecular complexity index is 971. The number of fused-ring (bicyclic) bond motifs is 2. The van der Waals surface area contributed by atoms with E-state index < -0.39 is 17.3 Å². The van der Waals surface area contributed by atoms with Crippen LogP contribution in [0.5, 0.6) is 0 Å². The first-order valence-corrected chi connectivity index (χ1v) is 10.1. The summed E-state index contributed by atoms with van der Waals surface area (Å²) in [5, 5.41) is 10.1. The van der Waals surface area contributed by atoms with Crippen LogP contribution in [0.1, 0.15) is 38.7 Å². The number of piperidine rings is 1. The van der Waals surface area contributed by atoms with E-state index in [1.165, 1.54) is 24.5 Å². The van der Waals surface area contributed by atoms with Gasteiger partial charge in [0.2, 0.25) is 0 Å². The predicted molar refractivity (Wildman–Crippen MR) is 107 cm³/mol. The Morgan fingerprint density at radius 2 is 2.10 bits per heavy atom. The Balaban J connectivity index is 1.63. The fourth-order valence-corrected chi connectivity index (χ4v) is 5.09. The molecule has 4 rings (SSSR count). The number of methoxy groups -OCH3 is 1. The maximum Gasteiger partial charge on any atom is 0.417 e. The molecule has 4 atom stereocenters. The van der Waals surface area contributed by atoms with Crippen molar-refractivity contribution in [2.24, 2.45) is 5.92 Å². The van der Waals surface area contributed by atoms with Gasteiger partial charge in [0.05, 0.1) is 23.4 Å². The first-order chi connectivity index (χ1) is 14.7. The second-order valence-corrected chi connectivity index (χ2v) is 8.41. The predicted octanol–water partition coefficient (Wildman–Crippen LogP) is 4.37. The topological polar surface area (TPSA) is 80.2 Å². The molecular weight excluding hydrogens is 411 g/mol. The normalized spacial score (nSPS) is 26.2. The van der Waals surface area contributed by atoms with Gasteiger partial charge < -0.3 is 15.0 Å². The number of hydrogen-bond acceptors (Lipinski definition) is 5. The van der Waals surface area contributed by atoms with Crippen molar-refractivity contribution in [2.45, 2.75) is 57.0 Å². The number of amides is 2. The molecule has 2 amide bonds. The van der Waals surface area contributed by atoms with E-state index in [1.54, 1.807) is 12.0 Å². The van der Waals surface area contributed by atoms with Crippen molar-refractivity contribution in [3.05, 3.63) is 36.2 Å². The number of nitrogens with zero attached hydrogens (tertiary/aromatic N) is 4. The lowest BCUT2D eigenvalue weighted by atomic mass is 9.62. The molecule has 1 saturated heterocycles. The van der Waals surface area contributed by atoms with Gasteiger partial charge in [0.15, 0.2) is 5.82 Å². The van der Waals surface area contributed by atoms with Crippen molar-refractivity contribution in [3.8, 4) is 11.4 Å². The van der Waals surface area contributed by atoms with Gasteiger partial charge in [-0.05, 0) is 50.3 Å². The van der Waals surface area contributed by atoms with Crippen LogP contribution in [0.4, 0.5) is 23.7 Å². The van der Waals surface area contributed by atoms with E-state index in [0.29, 0.717) is 5.92 Å². The third kappa shape index (κ3) is 3.73. The maximum absolute atomic E-state index is 13.5. The molecule has 1 aliphatic carbocycles.